The van der Waals surface area contributed by atoms with Crippen LogP contribution in [-0.4, -0.2) is 21.1 Å². The lowest BCUT2D eigenvalue weighted by atomic mass is 10.1. The van der Waals surface area contributed by atoms with Gasteiger partial charge in [0.2, 0.25) is 0 Å². The molecular weight excluding hydrogens is 288 g/mol. The Morgan fingerprint density at radius 2 is 1.76 bits per heavy atom. The average Bonchev–Trinajstić information content (AvgIpc) is 2.48. The molecule has 0 saturated heterocycles. The van der Waals surface area contributed by atoms with Crippen LogP contribution in [0.3, 0.4) is 0 Å². The van der Waals surface area contributed by atoms with Crippen molar-refractivity contribution in [2.75, 3.05) is 0 Å². The number of nitrogens with two attached hydrogens (primary N) is 1. The first-order valence-corrected chi connectivity index (χ1v) is 6.57. The highest BCUT2D eigenvalue weighted by atomic mass is 32.1. The van der Waals surface area contributed by atoms with Gasteiger partial charge in [0, 0.05) is 5.56 Å². The molecular formula is C15H14N2O3S. The van der Waals surface area contributed by atoms with Gasteiger partial charge in [-0.2, -0.15) is 0 Å². The molecule has 1 amide bonds. The zero-order valence-electron chi connectivity index (χ0n) is 11.0. The van der Waals surface area contributed by atoms with Gasteiger partial charge in [0.15, 0.2) is 11.5 Å². The predicted octanol–water partition coefficient (Wildman–Crippen LogP) is 1.85. The van der Waals surface area contributed by atoms with Crippen molar-refractivity contribution in [3.8, 4) is 11.5 Å². The van der Waals surface area contributed by atoms with Gasteiger partial charge < -0.3 is 21.3 Å². The fourth-order valence-corrected chi connectivity index (χ4v) is 2.04. The summed E-state index contributed by atoms with van der Waals surface area (Å²) >= 11 is 4.99. The van der Waals surface area contributed by atoms with E-state index in [1.165, 1.54) is 18.2 Å². The quantitative estimate of drug-likeness (QED) is 0.511. The Kier molecular flexibility index (Phi) is 4.39. The number of aromatic hydroxyl groups is 2. The largest absolute Gasteiger partial charge is 0.504 e. The van der Waals surface area contributed by atoms with Crippen LogP contribution in [-0.2, 0) is 0 Å². The Morgan fingerprint density at radius 3 is 2.33 bits per heavy atom. The van der Waals surface area contributed by atoms with Crippen molar-refractivity contribution in [1.29, 1.82) is 0 Å². The average molecular weight is 302 g/mol. The lowest BCUT2D eigenvalue weighted by Crippen LogP contribution is -2.36. The van der Waals surface area contributed by atoms with Crippen molar-refractivity contribution < 1.29 is 15.0 Å². The summed E-state index contributed by atoms with van der Waals surface area (Å²) in [6, 6.07) is 12.3. The maximum Gasteiger partial charge on any atom is 0.252 e. The van der Waals surface area contributed by atoms with Crippen LogP contribution in [0.15, 0.2) is 48.5 Å². The van der Waals surface area contributed by atoms with Crippen LogP contribution in [0.2, 0.25) is 0 Å². The molecule has 0 aromatic heterocycles. The molecule has 6 heteroatoms. The number of carbonyl (C=O) groups is 1. The van der Waals surface area contributed by atoms with E-state index in [0.717, 1.165) is 5.56 Å². The Labute approximate surface area is 127 Å². The van der Waals surface area contributed by atoms with Crippen LogP contribution >= 0.6 is 12.2 Å². The molecule has 2 rings (SSSR count). The molecule has 5 N–H and O–H groups in total. The summed E-state index contributed by atoms with van der Waals surface area (Å²) in [6.45, 7) is 0. The number of nitrogens with one attached hydrogen (secondary N) is 1. The smallest absolute Gasteiger partial charge is 0.252 e. The monoisotopic (exact) mass is 302 g/mol. The standard InChI is InChI=1S/C15H14N2O3S/c16-14(21)13(9-4-2-1-3-5-9)17-15(20)10-6-7-11(18)12(19)8-10/h1-8,13,18-19H,(H2,16,21)(H,17,20). The molecule has 0 radical (unpaired) electrons. The molecule has 2 aromatic carbocycles. The van der Waals surface area contributed by atoms with Crippen molar-refractivity contribution in [1.82, 2.24) is 5.32 Å². The lowest BCUT2D eigenvalue weighted by molar-refractivity contribution is 0.0946. The number of hydrogen-bond acceptors (Lipinski definition) is 4. The third kappa shape index (κ3) is 3.49. The van der Waals surface area contributed by atoms with Crippen LogP contribution in [0, 0.1) is 0 Å². The van der Waals surface area contributed by atoms with E-state index in [1.807, 2.05) is 18.2 Å². The summed E-state index contributed by atoms with van der Waals surface area (Å²) in [4.78, 5) is 12.3. The van der Waals surface area contributed by atoms with Gasteiger partial charge in [-0.05, 0) is 23.8 Å². The minimum Gasteiger partial charge on any atom is -0.504 e. The molecule has 108 valence electrons. The highest BCUT2D eigenvalue weighted by Gasteiger charge is 2.18. The van der Waals surface area contributed by atoms with E-state index >= 15 is 0 Å². The number of phenols is 2. The summed E-state index contributed by atoms with van der Waals surface area (Å²) < 4.78 is 0. The van der Waals surface area contributed by atoms with E-state index in [2.05, 4.69) is 5.32 Å². The highest BCUT2D eigenvalue weighted by Crippen LogP contribution is 2.25. The molecule has 21 heavy (non-hydrogen) atoms. The first kappa shape index (κ1) is 14.8. The van der Waals surface area contributed by atoms with Crippen LogP contribution < -0.4 is 11.1 Å². The number of hydrogen-bond donors (Lipinski definition) is 4. The number of amides is 1. The maximum atomic E-state index is 12.2. The summed E-state index contributed by atoms with van der Waals surface area (Å²) in [7, 11) is 0. The van der Waals surface area contributed by atoms with Gasteiger partial charge in [0.1, 0.15) is 11.0 Å². The van der Waals surface area contributed by atoms with E-state index in [1.54, 1.807) is 12.1 Å². The van der Waals surface area contributed by atoms with Crippen molar-refractivity contribution in [3.63, 3.8) is 0 Å². The van der Waals surface area contributed by atoms with E-state index in [-0.39, 0.29) is 22.1 Å². The topological polar surface area (TPSA) is 95.6 Å². The maximum absolute atomic E-state index is 12.2. The molecule has 0 saturated carbocycles. The number of carbonyl (C=O) groups excluding carboxylic acids is 1. The number of rotatable bonds is 4. The molecule has 0 heterocycles. The van der Waals surface area contributed by atoms with Gasteiger partial charge in [-0.3, -0.25) is 4.79 Å². The molecule has 5 nitrogen and oxygen atoms in total. The van der Waals surface area contributed by atoms with Crippen molar-refractivity contribution in [2.24, 2.45) is 5.73 Å². The summed E-state index contributed by atoms with van der Waals surface area (Å²) in [5.74, 6) is -1.11. The van der Waals surface area contributed by atoms with Crippen LogP contribution in [0.5, 0.6) is 11.5 Å². The van der Waals surface area contributed by atoms with Crippen molar-refractivity contribution in [2.45, 2.75) is 6.04 Å². The molecule has 1 unspecified atom stereocenters. The highest BCUT2D eigenvalue weighted by molar-refractivity contribution is 7.80. The van der Waals surface area contributed by atoms with Gasteiger partial charge >= 0.3 is 0 Å². The molecule has 0 aliphatic heterocycles. The first-order chi connectivity index (χ1) is 9.99. The van der Waals surface area contributed by atoms with Crippen molar-refractivity contribution >= 4 is 23.1 Å². The van der Waals surface area contributed by atoms with E-state index in [9.17, 15) is 15.0 Å². The molecule has 1 atom stereocenters. The second kappa shape index (κ2) is 6.23. The fraction of sp³-hybridized carbons (Fsp3) is 0.0667. The van der Waals surface area contributed by atoms with Crippen LogP contribution in [0.4, 0.5) is 0 Å². The minimum absolute atomic E-state index is 0.137. The molecule has 2 aromatic rings. The Balaban J connectivity index is 2.23. The predicted molar refractivity (Wildman–Crippen MR) is 83.2 cm³/mol. The third-order valence-corrected chi connectivity index (χ3v) is 3.17. The van der Waals surface area contributed by atoms with Gasteiger partial charge in [-0.15, -0.1) is 0 Å². The van der Waals surface area contributed by atoms with Crippen LogP contribution in [0.25, 0.3) is 0 Å². The summed E-state index contributed by atoms with van der Waals surface area (Å²) in [6.07, 6.45) is 0. The summed E-state index contributed by atoms with van der Waals surface area (Å²) in [5, 5.41) is 21.4. The van der Waals surface area contributed by atoms with Gasteiger partial charge in [0.25, 0.3) is 5.91 Å². The fourth-order valence-electron chi connectivity index (χ4n) is 1.84. The van der Waals surface area contributed by atoms with E-state index < -0.39 is 11.9 Å². The zero-order valence-corrected chi connectivity index (χ0v) is 11.8. The normalized spacial score (nSPS) is 11.6. The van der Waals surface area contributed by atoms with E-state index in [0.29, 0.717) is 0 Å². The molecule has 0 bridgehead atoms. The first-order valence-electron chi connectivity index (χ1n) is 6.16. The molecule has 0 fully saturated rings. The van der Waals surface area contributed by atoms with Gasteiger partial charge in [-0.25, -0.2) is 0 Å². The number of phenolic OH excluding ortho intramolecular Hbond substituents is 2. The van der Waals surface area contributed by atoms with Crippen molar-refractivity contribution in [3.05, 3.63) is 59.7 Å². The lowest BCUT2D eigenvalue weighted by Gasteiger charge is -2.18. The Morgan fingerprint density at radius 1 is 1.10 bits per heavy atom. The van der Waals surface area contributed by atoms with Crippen LogP contribution in [0.1, 0.15) is 22.0 Å². The third-order valence-electron chi connectivity index (χ3n) is 2.93. The molecule has 0 aliphatic carbocycles. The molecule has 0 spiro atoms. The summed E-state index contributed by atoms with van der Waals surface area (Å²) in [5.41, 5.74) is 6.64. The molecule has 0 aliphatic rings. The second-order valence-electron chi connectivity index (χ2n) is 4.42. The van der Waals surface area contributed by atoms with E-state index in [4.69, 9.17) is 18.0 Å². The van der Waals surface area contributed by atoms with Gasteiger partial charge in [0.05, 0.1) is 0 Å². The Bertz CT molecular complexity index is 674. The SMILES string of the molecule is NC(=S)C(NC(=O)c1ccc(O)c(O)c1)c1ccccc1. The zero-order chi connectivity index (χ0) is 15.4. The second-order valence-corrected chi connectivity index (χ2v) is 4.89. The number of benzene rings is 2. The number of thiocarbonyl (C=S) groups is 1. The minimum atomic E-state index is -0.607. The van der Waals surface area contributed by atoms with Gasteiger partial charge in [-0.1, -0.05) is 42.5 Å². The Hall–Kier alpha value is -2.60.